The first-order chi connectivity index (χ1) is 7.27. The molecule has 0 amide bonds. The molecule has 0 spiro atoms. The second-order valence-corrected chi connectivity index (χ2v) is 4.01. The third kappa shape index (κ3) is 2.36. The predicted molar refractivity (Wildman–Crippen MR) is 60.8 cm³/mol. The van der Waals surface area contributed by atoms with E-state index in [1.54, 1.807) is 12.1 Å². The van der Waals surface area contributed by atoms with Crippen LogP contribution in [-0.2, 0) is 0 Å². The summed E-state index contributed by atoms with van der Waals surface area (Å²) < 4.78 is 0. The lowest BCUT2D eigenvalue weighted by molar-refractivity contribution is 0.0895. The quantitative estimate of drug-likeness (QED) is 0.566. The molecule has 1 heterocycles. The van der Waals surface area contributed by atoms with Gasteiger partial charge in [-0.1, -0.05) is 0 Å². The van der Waals surface area contributed by atoms with Crippen molar-refractivity contribution in [2.75, 3.05) is 18.8 Å². The van der Waals surface area contributed by atoms with E-state index in [9.17, 15) is 4.79 Å². The highest BCUT2D eigenvalue weighted by molar-refractivity contribution is 5.98. The summed E-state index contributed by atoms with van der Waals surface area (Å²) >= 11 is 0. The fraction of sp³-hybridized carbons (Fsp3) is 0.417. The molecule has 1 aliphatic heterocycles. The zero-order valence-corrected chi connectivity index (χ0v) is 8.70. The van der Waals surface area contributed by atoms with Gasteiger partial charge in [0, 0.05) is 17.2 Å². The number of anilines is 1. The van der Waals surface area contributed by atoms with Gasteiger partial charge >= 0.3 is 0 Å². The third-order valence-electron chi connectivity index (χ3n) is 2.91. The van der Waals surface area contributed by atoms with Gasteiger partial charge in [-0.2, -0.15) is 0 Å². The summed E-state index contributed by atoms with van der Waals surface area (Å²) in [4.78, 5) is 12.0. The molecule has 1 aromatic carbocycles. The van der Waals surface area contributed by atoms with E-state index < -0.39 is 0 Å². The minimum atomic E-state index is 0.190. The van der Waals surface area contributed by atoms with Crippen LogP contribution in [0.15, 0.2) is 24.3 Å². The summed E-state index contributed by atoms with van der Waals surface area (Å²) in [6, 6.07) is 7.21. The fourth-order valence-corrected chi connectivity index (χ4v) is 1.97. The molecule has 1 saturated heterocycles. The molecule has 1 aliphatic rings. The van der Waals surface area contributed by atoms with Crippen molar-refractivity contribution in [3.63, 3.8) is 0 Å². The van der Waals surface area contributed by atoms with E-state index in [0.717, 1.165) is 31.5 Å². The van der Waals surface area contributed by atoms with Crippen molar-refractivity contribution in [2.45, 2.75) is 12.8 Å². The number of carbonyl (C=O) groups is 1. The second kappa shape index (κ2) is 4.45. The van der Waals surface area contributed by atoms with Crippen molar-refractivity contribution < 1.29 is 4.79 Å². The predicted octanol–water partition coefficient (Wildman–Crippen LogP) is 1.45. The zero-order valence-electron chi connectivity index (χ0n) is 8.70. The summed E-state index contributed by atoms with van der Waals surface area (Å²) in [6.45, 7) is 1.90. The topological polar surface area (TPSA) is 55.1 Å². The number of Topliss-reactive ketones (excluding diaryl/α,β-unsaturated/α-hetero) is 1. The molecule has 15 heavy (non-hydrogen) atoms. The first-order valence-electron chi connectivity index (χ1n) is 5.38. The molecule has 1 fully saturated rings. The Balaban J connectivity index is 2.09. The normalized spacial score (nSPS) is 17.6. The van der Waals surface area contributed by atoms with Crippen molar-refractivity contribution >= 4 is 11.5 Å². The SMILES string of the molecule is Nc1ccc(C(=O)C2CCNCC2)cc1. The standard InChI is InChI=1S/C12H16N2O/c13-11-3-1-9(2-4-11)12(15)10-5-7-14-8-6-10/h1-4,10,14H,5-8,13H2. The first-order valence-corrected chi connectivity index (χ1v) is 5.38. The number of benzene rings is 1. The van der Waals surface area contributed by atoms with Crippen LogP contribution < -0.4 is 11.1 Å². The smallest absolute Gasteiger partial charge is 0.166 e. The Kier molecular flexibility index (Phi) is 3.02. The maximum Gasteiger partial charge on any atom is 0.166 e. The lowest BCUT2D eigenvalue weighted by atomic mass is 9.89. The van der Waals surface area contributed by atoms with Gasteiger partial charge in [0.2, 0.25) is 0 Å². The average Bonchev–Trinajstić information content (AvgIpc) is 2.30. The number of carbonyl (C=O) groups excluding carboxylic acids is 1. The van der Waals surface area contributed by atoms with Crippen LogP contribution in [0.4, 0.5) is 5.69 Å². The van der Waals surface area contributed by atoms with E-state index in [1.165, 1.54) is 0 Å². The molecule has 3 nitrogen and oxygen atoms in total. The van der Waals surface area contributed by atoms with Gasteiger partial charge < -0.3 is 11.1 Å². The van der Waals surface area contributed by atoms with Gasteiger partial charge in [-0.05, 0) is 50.2 Å². The minimum absolute atomic E-state index is 0.190. The van der Waals surface area contributed by atoms with E-state index in [0.29, 0.717) is 5.69 Å². The molecule has 80 valence electrons. The lowest BCUT2D eigenvalue weighted by Crippen LogP contribution is -2.31. The van der Waals surface area contributed by atoms with Crippen LogP contribution in [0, 0.1) is 5.92 Å². The van der Waals surface area contributed by atoms with Gasteiger partial charge in [0.25, 0.3) is 0 Å². The van der Waals surface area contributed by atoms with Crippen LogP contribution >= 0.6 is 0 Å². The molecule has 0 unspecified atom stereocenters. The third-order valence-corrected chi connectivity index (χ3v) is 2.91. The highest BCUT2D eigenvalue weighted by atomic mass is 16.1. The van der Waals surface area contributed by atoms with Crippen LogP contribution in [0.25, 0.3) is 0 Å². The molecule has 3 heteroatoms. The summed E-state index contributed by atoms with van der Waals surface area (Å²) in [7, 11) is 0. The summed E-state index contributed by atoms with van der Waals surface area (Å²) in [6.07, 6.45) is 1.90. The molecule has 2 rings (SSSR count). The Bertz CT molecular complexity index is 339. The number of ketones is 1. The van der Waals surface area contributed by atoms with Crippen LogP contribution in [-0.4, -0.2) is 18.9 Å². The van der Waals surface area contributed by atoms with Gasteiger partial charge in [0.05, 0.1) is 0 Å². The number of hydrogen-bond acceptors (Lipinski definition) is 3. The Morgan fingerprint density at radius 1 is 1.20 bits per heavy atom. The molecule has 1 aromatic rings. The summed E-state index contributed by atoms with van der Waals surface area (Å²) in [5.41, 5.74) is 7.08. The van der Waals surface area contributed by atoms with Gasteiger partial charge in [-0.3, -0.25) is 4.79 Å². The Labute approximate surface area is 89.7 Å². The Hall–Kier alpha value is -1.35. The number of nitrogens with one attached hydrogen (secondary N) is 1. The van der Waals surface area contributed by atoms with Crippen molar-refractivity contribution in [1.82, 2.24) is 5.32 Å². The molecular formula is C12H16N2O. The maximum atomic E-state index is 12.0. The molecule has 0 aliphatic carbocycles. The molecule has 0 aromatic heterocycles. The molecule has 0 radical (unpaired) electrons. The van der Waals surface area contributed by atoms with Gasteiger partial charge in [0.1, 0.15) is 0 Å². The number of rotatable bonds is 2. The van der Waals surface area contributed by atoms with E-state index in [1.807, 2.05) is 12.1 Å². The molecule has 3 N–H and O–H groups in total. The maximum absolute atomic E-state index is 12.0. The first kappa shape index (κ1) is 10.2. The number of piperidine rings is 1. The minimum Gasteiger partial charge on any atom is -0.399 e. The second-order valence-electron chi connectivity index (χ2n) is 4.01. The zero-order chi connectivity index (χ0) is 10.7. The van der Waals surface area contributed by atoms with E-state index in [4.69, 9.17) is 5.73 Å². The Morgan fingerprint density at radius 2 is 1.80 bits per heavy atom. The number of nitrogen functional groups attached to an aromatic ring is 1. The number of nitrogens with two attached hydrogens (primary N) is 1. The van der Waals surface area contributed by atoms with Crippen molar-refractivity contribution in [3.8, 4) is 0 Å². The highest BCUT2D eigenvalue weighted by Gasteiger charge is 2.21. The van der Waals surface area contributed by atoms with Gasteiger partial charge in [0.15, 0.2) is 5.78 Å². The van der Waals surface area contributed by atoms with Crippen LogP contribution in [0.5, 0.6) is 0 Å². The van der Waals surface area contributed by atoms with Crippen molar-refractivity contribution in [2.24, 2.45) is 5.92 Å². The van der Waals surface area contributed by atoms with E-state index in [-0.39, 0.29) is 11.7 Å². The summed E-state index contributed by atoms with van der Waals surface area (Å²) in [5, 5.41) is 3.26. The van der Waals surface area contributed by atoms with E-state index >= 15 is 0 Å². The molecule has 0 saturated carbocycles. The van der Waals surface area contributed by atoms with Gasteiger partial charge in [-0.15, -0.1) is 0 Å². The van der Waals surface area contributed by atoms with Crippen molar-refractivity contribution in [3.05, 3.63) is 29.8 Å². The monoisotopic (exact) mass is 204 g/mol. The average molecular weight is 204 g/mol. The summed E-state index contributed by atoms with van der Waals surface area (Å²) in [5.74, 6) is 0.450. The van der Waals surface area contributed by atoms with Crippen LogP contribution in [0.2, 0.25) is 0 Å². The van der Waals surface area contributed by atoms with Crippen molar-refractivity contribution in [1.29, 1.82) is 0 Å². The fourth-order valence-electron chi connectivity index (χ4n) is 1.97. The van der Waals surface area contributed by atoms with Gasteiger partial charge in [-0.25, -0.2) is 0 Å². The molecule has 0 bridgehead atoms. The highest BCUT2D eigenvalue weighted by Crippen LogP contribution is 2.18. The Morgan fingerprint density at radius 3 is 2.40 bits per heavy atom. The largest absolute Gasteiger partial charge is 0.399 e. The van der Waals surface area contributed by atoms with Crippen LogP contribution in [0.1, 0.15) is 23.2 Å². The molecule has 0 atom stereocenters. The van der Waals surface area contributed by atoms with Crippen LogP contribution in [0.3, 0.4) is 0 Å². The number of hydrogen-bond donors (Lipinski definition) is 2. The lowest BCUT2D eigenvalue weighted by Gasteiger charge is -2.21. The van der Waals surface area contributed by atoms with E-state index in [2.05, 4.69) is 5.32 Å². The molecular weight excluding hydrogens is 188 g/mol.